The maximum Gasteiger partial charge on any atom is 0.307 e. The van der Waals surface area contributed by atoms with Gasteiger partial charge in [-0.25, -0.2) is 4.98 Å². The van der Waals surface area contributed by atoms with Crippen LogP contribution in [0.5, 0.6) is 11.5 Å². The number of esters is 1. The highest BCUT2D eigenvalue weighted by molar-refractivity contribution is 14.1. The van der Waals surface area contributed by atoms with Crippen LogP contribution >= 0.6 is 22.6 Å². The summed E-state index contributed by atoms with van der Waals surface area (Å²) in [5, 5.41) is 40.9. The second-order valence-corrected chi connectivity index (χ2v) is 18.4. The average molecular weight is 965 g/mol. The molecule has 330 valence electrons. The lowest BCUT2D eigenvalue weighted by Gasteiger charge is -2.36. The van der Waals surface area contributed by atoms with Crippen LogP contribution in [0.15, 0.2) is 62.3 Å². The van der Waals surface area contributed by atoms with E-state index >= 15 is 0 Å². The summed E-state index contributed by atoms with van der Waals surface area (Å²) in [6.07, 6.45) is 7.17. The van der Waals surface area contributed by atoms with Crippen LogP contribution in [0.1, 0.15) is 60.5 Å². The topological polar surface area (TPSA) is 210 Å². The van der Waals surface area contributed by atoms with Gasteiger partial charge in [0.05, 0.1) is 23.0 Å². The molecule has 4 aliphatic rings. The van der Waals surface area contributed by atoms with E-state index in [1.54, 1.807) is 37.3 Å². The van der Waals surface area contributed by atoms with Crippen molar-refractivity contribution in [1.82, 2.24) is 10.3 Å². The maximum absolute atomic E-state index is 14.7. The number of anilines is 2. The van der Waals surface area contributed by atoms with E-state index in [1.165, 1.54) is 33.1 Å². The zero-order valence-electron chi connectivity index (χ0n) is 36.0. The summed E-state index contributed by atoms with van der Waals surface area (Å²) in [4.78, 5) is 61.6. The summed E-state index contributed by atoms with van der Waals surface area (Å²) in [7, 11) is 0. The second kappa shape index (κ2) is 17.5. The number of benzene rings is 3. The van der Waals surface area contributed by atoms with Gasteiger partial charge in [0.25, 0.3) is 5.91 Å². The molecule has 0 radical (unpaired) electrons. The number of ether oxygens (including phenoxy) is 3. The number of allylic oxidation sites excluding steroid dienone is 3. The number of hydrogen-bond acceptors (Lipinski definition) is 14. The largest absolute Gasteiger partial charge is 0.507 e. The molecule has 1 fully saturated rings. The third-order valence-electron chi connectivity index (χ3n) is 12.4. The highest BCUT2D eigenvalue weighted by Crippen LogP contribution is 2.42. The van der Waals surface area contributed by atoms with Gasteiger partial charge in [-0.15, -0.1) is 0 Å². The molecule has 62 heavy (non-hydrogen) atoms. The minimum atomic E-state index is -1.87. The number of aromatic nitrogens is 1. The molecule has 4 aliphatic heterocycles. The first kappa shape index (κ1) is 44.8. The van der Waals surface area contributed by atoms with Crippen molar-refractivity contribution in [2.45, 2.75) is 83.7 Å². The van der Waals surface area contributed by atoms with Crippen LogP contribution in [0.4, 0.5) is 11.4 Å². The molecule has 5 heterocycles. The summed E-state index contributed by atoms with van der Waals surface area (Å²) >= 11 is 2.31. The van der Waals surface area contributed by atoms with Crippen LogP contribution < -0.4 is 36.3 Å². The van der Waals surface area contributed by atoms with E-state index in [2.05, 4.69) is 33.2 Å². The zero-order chi connectivity index (χ0) is 44.9. The van der Waals surface area contributed by atoms with E-state index in [-0.39, 0.29) is 88.4 Å². The minimum Gasteiger partial charge on any atom is -0.507 e. The average Bonchev–Trinajstić information content (AvgIpc) is 3.51. The predicted molar refractivity (Wildman–Crippen MR) is 246 cm³/mol. The number of carbonyl (C=O) groups is 2. The van der Waals surface area contributed by atoms with Crippen LogP contribution in [-0.2, 0) is 19.1 Å². The zero-order valence-corrected chi connectivity index (χ0v) is 38.2. The number of halogens is 1. The van der Waals surface area contributed by atoms with Crippen LogP contribution in [0.2, 0.25) is 0 Å². The van der Waals surface area contributed by atoms with Crippen molar-refractivity contribution in [3.05, 3.63) is 79.5 Å². The van der Waals surface area contributed by atoms with Crippen molar-refractivity contribution >= 4 is 84.6 Å². The summed E-state index contributed by atoms with van der Waals surface area (Å²) in [5.41, 5.74) is -1.06. The Hall–Kier alpha value is -5.20. The first-order chi connectivity index (χ1) is 29.3. The van der Waals surface area contributed by atoms with Crippen molar-refractivity contribution in [2.75, 3.05) is 36.4 Å². The molecule has 16 heteroatoms. The lowest BCUT2D eigenvalue weighted by molar-refractivity contribution is -0.152. The number of aromatic hydroxyl groups is 1. The molecule has 15 nitrogen and oxygen atoms in total. The Morgan fingerprint density at radius 2 is 1.74 bits per heavy atom. The van der Waals surface area contributed by atoms with Crippen molar-refractivity contribution in [3.8, 4) is 11.5 Å². The SMILES string of the molecule is CC(=O)O[C@H]1[C@H](C)[C@H](I)[C@H](C)[C@@H](O)[C@@H](C)/C=C/C=C(/C)C(=O)Nc2c(=O)c3c(O)c(C)c4c(c3c3nc5c(=O)cc(N6CCNCC6)cc5oc23)=C(O)[C@@](C)(O/C=C/C[C@H]1C)O4. The van der Waals surface area contributed by atoms with Crippen molar-refractivity contribution < 1.29 is 43.5 Å². The number of amides is 1. The molecule has 8 rings (SSSR count). The van der Waals surface area contributed by atoms with Gasteiger partial charge < -0.3 is 49.5 Å². The fraction of sp³-hybridized carbons (Fsp3) is 0.457. The minimum absolute atomic E-state index is 0.00557. The van der Waals surface area contributed by atoms with Gasteiger partial charge in [-0.05, 0) is 38.2 Å². The van der Waals surface area contributed by atoms with Crippen LogP contribution in [-0.4, -0.2) is 80.3 Å². The molecule has 3 aromatic carbocycles. The van der Waals surface area contributed by atoms with Gasteiger partial charge in [0.15, 0.2) is 22.4 Å². The monoisotopic (exact) mass is 964 g/mol. The molecule has 5 bridgehead atoms. The Morgan fingerprint density at radius 3 is 2.44 bits per heavy atom. The fourth-order valence-electron chi connectivity index (χ4n) is 8.68. The van der Waals surface area contributed by atoms with Gasteiger partial charge in [0.1, 0.15) is 28.8 Å². The highest BCUT2D eigenvalue weighted by atomic mass is 127. The van der Waals surface area contributed by atoms with E-state index in [0.717, 1.165) is 0 Å². The molecule has 0 spiro atoms. The van der Waals surface area contributed by atoms with Crippen LogP contribution in [0.25, 0.3) is 38.7 Å². The van der Waals surface area contributed by atoms with Gasteiger partial charge in [0, 0.05) is 90.1 Å². The molecule has 1 amide bonds. The molecular formula is C46H53IN4O11. The number of nitrogens with one attached hydrogen (secondary N) is 2. The van der Waals surface area contributed by atoms with E-state index in [9.17, 15) is 34.5 Å². The maximum atomic E-state index is 14.7. The predicted octanol–water partition coefficient (Wildman–Crippen LogP) is 5.79. The number of aliphatic hydroxyl groups excluding tert-OH is 2. The number of nitrogens with zero attached hydrogens (tertiary/aromatic N) is 2. The molecular weight excluding hydrogens is 911 g/mol. The van der Waals surface area contributed by atoms with Gasteiger partial charge in [-0.1, -0.05) is 68.5 Å². The van der Waals surface area contributed by atoms with E-state index in [0.29, 0.717) is 38.3 Å². The van der Waals surface area contributed by atoms with E-state index in [1.807, 2.05) is 32.6 Å². The summed E-state index contributed by atoms with van der Waals surface area (Å²) in [6.45, 7) is 16.4. The smallest absolute Gasteiger partial charge is 0.307 e. The quantitative estimate of drug-likeness (QED) is 0.0530. The van der Waals surface area contributed by atoms with Crippen molar-refractivity contribution in [1.29, 1.82) is 0 Å². The van der Waals surface area contributed by atoms with Gasteiger partial charge >= 0.3 is 11.8 Å². The van der Waals surface area contributed by atoms with Crippen LogP contribution in [0.3, 0.4) is 0 Å². The molecule has 8 atom stereocenters. The Labute approximate surface area is 371 Å². The Balaban J connectivity index is 1.47. The molecule has 1 saturated heterocycles. The van der Waals surface area contributed by atoms with Crippen LogP contribution in [0, 0.1) is 30.6 Å². The summed E-state index contributed by atoms with van der Waals surface area (Å²) in [6, 6.07) is 3.13. The lowest BCUT2D eigenvalue weighted by atomic mass is 9.81. The third-order valence-corrected chi connectivity index (χ3v) is 14.7. The molecule has 0 aliphatic carbocycles. The summed E-state index contributed by atoms with van der Waals surface area (Å²) in [5.74, 6) is -4.85. The fourth-order valence-corrected chi connectivity index (χ4v) is 9.52. The van der Waals surface area contributed by atoms with Gasteiger partial charge in [0.2, 0.25) is 10.9 Å². The third kappa shape index (κ3) is 8.12. The Morgan fingerprint density at radius 1 is 1.03 bits per heavy atom. The number of piperazine rings is 1. The number of aliphatic hydroxyl groups is 2. The number of fused-ring (bicyclic) bond motifs is 14. The van der Waals surface area contributed by atoms with E-state index < -0.39 is 52.2 Å². The number of carbonyl (C=O) groups excluding carboxylic acids is 2. The van der Waals surface area contributed by atoms with Crippen molar-refractivity contribution in [2.24, 2.45) is 23.7 Å². The van der Waals surface area contributed by atoms with Gasteiger partial charge in [-0.3, -0.25) is 19.2 Å². The highest BCUT2D eigenvalue weighted by Gasteiger charge is 2.43. The Kier molecular flexibility index (Phi) is 12.7. The standard InChI is InChI=1S/C46H53IN4O11/c1-21-11-9-12-23(3)45(58)50-37-40(56)32-31(36-43(37)61-30-20-28(19-29(53)35(30)49-36)51-16-14-48-15-17-51)33-42(26(6)39(32)55)62-46(8,44(33)57)59-18-10-13-22(2)41(60-27(7)52)25(5)34(47)24(4)38(21)54/h9-12,18-22,24-25,34,38,41,48,54-55,57H,13-17H2,1-8H3,(H,50,58)/b11-9+,18-10+,23-12-/t21-,22+,24-,25+,34+,38-,41+,46-/m0/s1. The molecule has 1 aromatic heterocycles. The first-order valence-electron chi connectivity index (χ1n) is 20.8. The van der Waals surface area contributed by atoms with Crippen molar-refractivity contribution in [3.63, 3.8) is 0 Å². The number of phenols is 1. The number of rotatable bonds is 2. The molecule has 5 N–H and O–H groups in total. The van der Waals surface area contributed by atoms with E-state index in [4.69, 9.17) is 23.6 Å². The first-order valence-corrected chi connectivity index (χ1v) is 22.1. The molecule has 4 aromatic rings. The second-order valence-electron chi connectivity index (χ2n) is 16.9. The molecule has 0 saturated carbocycles. The molecule has 0 unspecified atom stereocenters. The number of alkyl halides is 1. The Bertz CT molecular complexity index is 2740. The summed E-state index contributed by atoms with van der Waals surface area (Å²) < 4.78 is 24.6. The lowest BCUT2D eigenvalue weighted by Crippen LogP contribution is -2.43. The normalized spacial score (nSPS) is 29.5. The number of hydrogen-bond donors (Lipinski definition) is 5. The number of phenolic OH excluding ortho intramolecular Hbond substituents is 1. The van der Waals surface area contributed by atoms with Gasteiger partial charge in [-0.2, -0.15) is 0 Å².